The van der Waals surface area contributed by atoms with E-state index in [1.807, 2.05) is 6.92 Å². The van der Waals surface area contributed by atoms with E-state index in [0.29, 0.717) is 29.3 Å². The number of ketones is 1. The first-order valence-electron chi connectivity index (χ1n) is 10.1. The van der Waals surface area contributed by atoms with Crippen LogP contribution in [0.1, 0.15) is 54.1 Å². The Hall–Kier alpha value is -3.32. The third-order valence-corrected chi connectivity index (χ3v) is 6.77. The molecule has 0 aromatic heterocycles. The summed E-state index contributed by atoms with van der Waals surface area (Å²) in [5, 5.41) is -0.443. The van der Waals surface area contributed by atoms with Crippen LogP contribution in [-0.4, -0.2) is 11.3 Å². The van der Waals surface area contributed by atoms with Crippen LogP contribution in [0.25, 0.3) is 0 Å². The fourth-order valence-electron chi connectivity index (χ4n) is 3.98. The van der Waals surface area contributed by atoms with Crippen molar-refractivity contribution in [3.8, 4) is 0 Å². The van der Waals surface area contributed by atoms with E-state index in [0.717, 1.165) is 11.6 Å². The first kappa shape index (κ1) is 26.3. The van der Waals surface area contributed by atoms with Crippen LogP contribution in [0.4, 0.5) is 26.3 Å². The summed E-state index contributed by atoms with van der Waals surface area (Å²) in [7, 11) is -3.52. The van der Waals surface area contributed by atoms with E-state index in [1.165, 1.54) is 18.2 Å². The van der Waals surface area contributed by atoms with Crippen LogP contribution in [0.2, 0.25) is 0 Å². The number of benzene rings is 3. The van der Waals surface area contributed by atoms with E-state index in [-0.39, 0.29) is 11.1 Å². The standard InChI is InChI=1S/C25H18F6O3P/c1-13-11-14(2)20(15(3)12-13)22(32)16-7-4-5-10-19(16)35(34)23(33)21-17(24(26,27)28)8-6-9-18(21)25(29,30)31/h4-12H,1-3H3. The van der Waals surface area contributed by atoms with E-state index in [2.05, 4.69) is 0 Å². The summed E-state index contributed by atoms with van der Waals surface area (Å²) in [6.07, 6.45) is -10.6. The molecule has 3 aromatic rings. The van der Waals surface area contributed by atoms with Crippen molar-refractivity contribution >= 4 is 24.4 Å². The first-order valence-corrected chi connectivity index (χ1v) is 11.4. The lowest BCUT2D eigenvalue weighted by molar-refractivity contribution is -0.143. The van der Waals surface area contributed by atoms with E-state index in [9.17, 15) is 40.5 Å². The number of hydrogen-bond donors (Lipinski definition) is 0. The van der Waals surface area contributed by atoms with Gasteiger partial charge in [-0.15, -0.1) is 0 Å². The van der Waals surface area contributed by atoms with Crippen LogP contribution in [0.15, 0.2) is 54.6 Å². The smallest absolute Gasteiger partial charge is 0.289 e. The van der Waals surface area contributed by atoms with E-state index in [1.54, 1.807) is 26.0 Å². The monoisotopic (exact) mass is 511 g/mol. The van der Waals surface area contributed by atoms with Crippen molar-refractivity contribution in [2.24, 2.45) is 0 Å². The highest BCUT2D eigenvalue weighted by Gasteiger charge is 2.44. The molecule has 183 valence electrons. The SMILES string of the molecule is Cc1cc(C)c(C(=O)c2ccccc2[P](=O)C(=O)c2c(C(F)(F)F)cccc2C(F)(F)F)c(C)c1. The van der Waals surface area contributed by atoms with Crippen molar-refractivity contribution in [3.63, 3.8) is 0 Å². The van der Waals surface area contributed by atoms with Gasteiger partial charge in [-0.1, -0.05) is 35.9 Å². The van der Waals surface area contributed by atoms with Gasteiger partial charge in [0, 0.05) is 11.1 Å². The van der Waals surface area contributed by atoms with Gasteiger partial charge in [-0.3, -0.25) is 14.2 Å². The largest absolute Gasteiger partial charge is 0.417 e. The Bertz CT molecular complexity index is 1300. The molecule has 0 saturated heterocycles. The van der Waals surface area contributed by atoms with Crippen LogP contribution in [0.3, 0.4) is 0 Å². The highest BCUT2D eigenvalue weighted by atomic mass is 31.1. The van der Waals surface area contributed by atoms with Crippen molar-refractivity contribution in [2.45, 2.75) is 33.1 Å². The third kappa shape index (κ3) is 5.20. The number of halogens is 6. The minimum atomic E-state index is -5.31. The quantitative estimate of drug-likeness (QED) is 0.207. The molecule has 1 unspecified atom stereocenters. The van der Waals surface area contributed by atoms with Gasteiger partial charge in [-0.2, -0.15) is 26.3 Å². The lowest BCUT2D eigenvalue weighted by atomic mass is 9.93. The Kier molecular flexibility index (Phi) is 7.04. The number of carbonyl (C=O) groups excluding carboxylic acids is 2. The molecule has 0 N–H and O–H groups in total. The van der Waals surface area contributed by atoms with E-state index >= 15 is 0 Å². The van der Waals surface area contributed by atoms with Crippen LogP contribution < -0.4 is 5.30 Å². The van der Waals surface area contributed by atoms with E-state index < -0.39 is 53.5 Å². The summed E-state index contributed by atoms with van der Waals surface area (Å²) >= 11 is 0. The molecule has 10 heteroatoms. The second-order valence-electron chi connectivity index (χ2n) is 7.94. The Morgan fingerprint density at radius 3 is 1.69 bits per heavy atom. The normalized spacial score (nSPS) is 12.4. The molecule has 0 spiro atoms. The average molecular weight is 511 g/mol. The van der Waals surface area contributed by atoms with Crippen molar-refractivity contribution in [1.29, 1.82) is 0 Å². The van der Waals surface area contributed by atoms with Gasteiger partial charge >= 0.3 is 12.4 Å². The van der Waals surface area contributed by atoms with Gasteiger partial charge < -0.3 is 0 Å². The predicted molar refractivity (Wildman–Crippen MR) is 119 cm³/mol. The molecule has 0 bridgehead atoms. The summed E-state index contributed by atoms with van der Waals surface area (Å²) in [5.74, 6) is -0.646. The second kappa shape index (κ2) is 9.38. The molecule has 3 nitrogen and oxygen atoms in total. The van der Waals surface area contributed by atoms with Gasteiger partial charge in [-0.25, -0.2) is 0 Å². The zero-order chi connectivity index (χ0) is 26.3. The third-order valence-electron chi connectivity index (χ3n) is 5.35. The molecule has 0 heterocycles. The molecule has 0 aliphatic heterocycles. The maximum atomic E-state index is 13.5. The molecule has 0 fully saturated rings. The summed E-state index contributed by atoms with van der Waals surface area (Å²) in [5.41, 5.74) is -5.28. The molecule has 35 heavy (non-hydrogen) atoms. The van der Waals surface area contributed by atoms with Crippen molar-refractivity contribution in [2.75, 3.05) is 0 Å². The molecule has 3 aromatic carbocycles. The number of carbonyl (C=O) groups is 2. The van der Waals surface area contributed by atoms with Crippen LogP contribution in [-0.2, 0) is 16.9 Å². The maximum Gasteiger partial charge on any atom is 0.417 e. The molecular weight excluding hydrogens is 493 g/mol. The van der Waals surface area contributed by atoms with Crippen LogP contribution in [0.5, 0.6) is 0 Å². The zero-order valence-electron chi connectivity index (χ0n) is 18.6. The second-order valence-corrected chi connectivity index (χ2v) is 9.42. The minimum Gasteiger partial charge on any atom is -0.289 e. The lowest BCUT2D eigenvalue weighted by Crippen LogP contribution is -2.22. The van der Waals surface area contributed by atoms with Crippen LogP contribution >= 0.6 is 7.80 Å². The maximum absolute atomic E-state index is 13.5. The summed E-state index contributed by atoms with van der Waals surface area (Å²) < 4.78 is 94.3. The molecule has 0 saturated carbocycles. The fourth-order valence-corrected chi connectivity index (χ4v) is 5.26. The van der Waals surface area contributed by atoms with Crippen molar-refractivity contribution in [3.05, 3.63) is 99.1 Å². The van der Waals surface area contributed by atoms with Gasteiger partial charge in [0.15, 0.2) is 13.6 Å². The van der Waals surface area contributed by atoms with Gasteiger partial charge in [0.1, 0.15) is 0 Å². The number of aryl methyl sites for hydroxylation is 3. The minimum absolute atomic E-state index is 0.241. The Morgan fingerprint density at radius 2 is 1.20 bits per heavy atom. The number of alkyl halides is 6. The predicted octanol–water partition coefficient (Wildman–Crippen LogP) is 7.17. The van der Waals surface area contributed by atoms with Crippen molar-refractivity contribution < 1.29 is 40.5 Å². The highest BCUT2D eigenvalue weighted by molar-refractivity contribution is 7.71. The van der Waals surface area contributed by atoms with Crippen LogP contribution in [0, 0.1) is 20.8 Å². The molecule has 0 amide bonds. The lowest BCUT2D eigenvalue weighted by Gasteiger charge is -2.18. The number of hydrogen-bond acceptors (Lipinski definition) is 3. The molecular formula is C25H18F6O3P. The highest BCUT2D eigenvalue weighted by Crippen LogP contribution is 2.43. The fraction of sp³-hybridized carbons (Fsp3) is 0.200. The number of rotatable bonds is 5. The van der Waals surface area contributed by atoms with E-state index in [4.69, 9.17) is 0 Å². The Labute approximate surface area is 197 Å². The molecule has 0 aliphatic carbocycles. The zero-order valence-corrected chi connectivity index (χ0v) is 19.5. The molecule has 1 atom stereocenters. The molecule has 1 radical (unpaired) electrons. The summed E-state index contributed by atoms with van der Waals surface area (Å²) in [6, 6.07) is 9.63. The molecule has 3 rings (SSSR count). The average Bonchev–Trinajstić information content (AvgIpc) is 2.75. The topological polar surface area (TPSA) is 51.2 Å². The van der Waals surface area contributed by atoms with Gasteiger partial charge in [-0.05, 0) is 56.2 Å². The Balaban J connectivity index is 2.19. The Morgan fingerprint density at radius 1 is 0.714 bits per heavy atom. The van der Waals surface area contributed by atoms with Gasteiger partial charge in [0.25, 0.3) is 0 Å². The van der Waals surface area contributed by atoms with Gasteiger partial charge in [0.05, 0.1) is 22.0 Å². The molecule has 0 aliphatic rings. The van der Waals surface area contributed by atoms with Crippen molar-refractivity contribution in [1.82, 2.24) is 0 Å². The van der Waals surface area contributed by atoms with Gasteiger partial charge in [0.2, 0.25) is 5.52 Å². The first-order chi connectivity index (χ1) is 16.1. The summed E-state index contributed by atoms with van der Waals surface area (Å²) in [4.78, 5) is 26.3. The summed E-state index contributed by atoms with van der Waals surface area (Å²) in [6.45, 7) is 5.14.